The van der Waals surface area contributed by atoms with E-state index < -0.39 is 0 Å². The molecule has 1 aliphatic heterocycles. The number of phenolic OH excluding ortho intramolecular Hbond substituents is 1. The number of piperidine rings is 1. The molecule has 1 aromatic carbocycles. The highest BCUT2D eigenvalue weighted by Gasteiger charge is 2.16. The standard InChI is InChI=1S/C12H18N2O/c1-9-8-11(2-3-12(9)15)14-6-4-10(13)5-7-14/h2-3,8,10,15H,4-7,13H2,1H3. The van der Waals surface area contributed by atoms with E-state index in [9.17, 15) is 5.11 Å². The lowest BCUT2D eigenvalue weighted by molar-refractivity contribution is 0.470. The Bertz CT molecular complexity index is 343. The average Bonchev–Trinajstić information content (AvgIpc) is 2.23. The van der Waals surface area contributed by atoms with Crippen molar-refractivity contribution in [3.05, 3.63) is 23.8 Å². The SMILES string of the molecule is Cc1cc(N2CCC(N)CC2)ccc1O. The lowest BCUT2D eigenvalue weighted by Crippen LogP contribution is -2.39. The number of phenols is 1. The molecule has 1 fully saturated rings. The Morgan fingerprint density at radius 2 is 2.00 bits per heavy atom. The van der Waals surface area contributed by atoms with Crippen molar-refractivity contribution in [1.82, 2.24) is 0 Å². The van der Waals surface area contributed by atoms with Gasteiger partial charge in [0.05, 0.1) is 0 Å². The molecule has 3 nitrogen and oxygen atoms in total. The second-order valence-electron chi connectivity index (χ2n) is 4.30. The summed E-state index contributed by atoms with van der Waals surface area (Å²) in [5.41, 5.74) is 7.99. The summed E-state index contributed by atoms with van der Waals surface area (Å²) in [6.45, 7) is 3.96. The average molecular weight is 206 g/mol. The molecule has 1 heterocycles. The summed E-state index contributed by atoms with van der Waals surface area (Å²) in [7, 11) is 0. The number of nitrogens with two attached hydrogens (primary N) is 1. The van der Waals surface area contributed by atoms with Gasteiger partial charge in [-0.05, 0) is 43.5 Å². The summed E-state index contributed by atoms with van der Waals surface area (Å²) >= 11 is 0. The summed E-state index contributed by atoms with van der Waals surface area (Å²) in [6, 6.07) is 6.13. The third kappa shape index (κ3) is 2.23. The minimum Gasteiger partial charge on any atom is -0.508 e. The van der Waals surface area contributed by atoms with Crippen LogP contribution < -0.4 is 10.6 Å². The molecular weight excluding hydrogens is 188 g/mol. The van der Waals surface area contributed by atoms with E-state index >= 15 is 0 Å². The Hall–Kier alpha value is -1.22. The van der Waals surface area contributed by atoms with Crippen molar-refractivity contribution < 1.29 is 5.11 Å². The number of benzene rings is 1. The van der Waals surface area contributed by atoms with E-state index in [1.807, 2.05) is 19.1 Å². The lowest BCUT2D eigenvalue weighted by Gasteiger charge is -2.32. The summed E-state index contributed by atoms with van der Waals surface area (Å²) in [5, 5.41) is 9.45. The maximum atomic E-state index is 9.45. The highest BCUT2D eigenvalue weighted by Crippen LogP contribution is 2.25. The number of rotatable bonds is 1. The zero-order valence-corrected chi connectivity index (χ0v) is 9.11. The van der Waals surface area contributed by atoms with Crippen LogP contribution in [-0.4, -0.2) is 24.2 Å². The lowest BCUT2D eigenvalue weighted by atomic mass is 10.0. The largest absolute Gasteiger partial charge is 0.508 e. The van der Waals surface area contributed by atoms with Crippen molar-refractivity contribution in [2.45, 2.75) is 25.8 Å². The van der Waals surface area contributed by atoms with Crippen LogP contribution in [0.2, 0.25) is 0 Å². The first-order valence-corrected chi connectivity index (χ1v) is 5.47. The molecule has 0 aromatic heterocycles. The predicted octanol–water partition coefficient (Wildman–Crippen LogP) is 1.63. The monoisotopic (exact) mass is 206 g/mol. The summed E-state index contributed by atoms with van der Waals surface area (Å²) < 4.78 is 0. The highest BCUT2D eigenvalue weighted by molar-refractivity contribution is 5.52. The van der Waals surface area contributed by atoms with Crippen LogP contribution in [0, 0.1) is 6.92 Å². The van der Waals surface area contributed by atoms with Crippen molar-refractivity contribution in [3.63, 3.8) is 0 Å². The zero-order valence-electron chi connectivity index (χ0n) is 9.11. The molecule has 0 unspecified atom stereocenters. The number of aromatic hydroxyl groups is 1. The maximum Gasteiger partial charge on any atom is 0.118 e. The molecule has 3 N–H and O–H groups in total. The molecule has 1 saturated heterocycles. The molecular formula is C12H18N2O. The fourth-order valence-corrected chi connectivity index (χ4v) is 1.99. The van der Waals surface area contributed by atoms with Gasteiger partial charge in [-0.25, -0.2) is 0 Å². The number of anilines is 1. The van der Waals surface area contributed by atoms with Crippen LogP contribution in [0.1, 0.15) is 18.4 Å². The zero-order chi connectivity index (χ0) is 10.8. The number of hydrogen-bond donors (Lipinski definition) is 2. The quantitative estimate of drug-likeness (QED) is 0.734. The van der Waals surface area contributed by atoms with E-state index in [4.69, 9.17) is 5.73 Å². The minimum atomic E-state index is 0.361. The molecule has 0 bridgehead atoms. The van der Waals surface area contributed by atoms with Crippen molar-refractivity contribution >= 4 is 5.69 Å². The van der Waals surface area contributed by atoms with E-state index in [2.05, 4.69) is 4.90 Å². The van der Waals surface area contributed by atoms with Gasteiger partial charge in [-0.2, -0.15) is 0 Å². The molecule has 0 spiro atoms. The topological polar surface area (TPSA) is 49.5 Å². The van der Waals surface area contributed by atoms with Crippen LogP contribution in [-0.2, 0) is 0 Å². The Labute approximate surface area is 90.5 Å². The van der Waals surface area contributed by atoms with Gasteiger partial charge >= 0.3 is 0 Å². The van der Waals surface area contributed by atoms with Gasteiger partial charge in [-0.15, -0.1) is 0 Å². The molecule has 1 aromatic rings. The van der Waals surface area contributed by atoms with Crippen LogP contribution >= 0.6 is 0 Å². The van der Waals surface area contributed by atoms with Crippen molar-refractivity contribution in [1.29, 1.82) is 0 Å². The van der Waals surface area contributed by atoms with Crippen LogP contribution in [0.25, 0.3) is 0 Å². The molecule has 0 radical (unpaired) electrons. The number of nitrogens with zero attached hydrogens (tertiary/aromatic N) is 1. The number of hydrogen-bond acceptors (Lipinski definition) is 3. The van der Waals surface area contributed by atoms with Gasteiger partial charge in [0.25, 0.3) is 0 Å². The van der Waals surface area contributed by atoms with Crippen molar-refractivity contribution in [2.24, 2.45) is 5.73 Å². The molecule has 2 rings (SSSR count). The van der Waals surface area contributed by atoms with Crippen LogP contribution in [0.15, 0.2) is 18.2 Å². The van der Waals surface area contributed by atoms with Gasteiger partial charge < -0.3 is 15.7 Å². The molecule has 0 aliphatic carbocycles. The fraction of sp³-hybridized carbons (Fsp3) is 0.500. The summed E-state index contributed by atoms with van der Waals surface area (Å²) in [5.74, 6) is 0.368. The van der Waals surface area contributed by atoms with Gasteiger partial charge in [0.1, 0.15) is 5.75 Å². The van der Waals surface area contributed by atoms with E-state index in [1.54, 1.807) is 6.07 Å². The van der Waals surface area contributed by atoms with E-state index in [1.165, 1.54) is 5.69 Å². The molecule has 0 saturated carbocycles. The second-order valence-corrected chi connectivity index (χ2v) is 4.30. The third-order valence-electron chi connectivity index (χ3n) is 3.09. The Kier molecular flexibility index (Phi) is 2.82. The van der Waals surface area contributed by atoms with Gasteiger partial charge in [0.2, 0.25) is 0 Å². The maximum absolute atomic E-state index is 9.45. The van der Waals surface area contributed by atoms with Gasteiger partial charge in [0.15, 0.2) is 0 Å². The first-order chi connectivity index (χ1) is 7.16. The molecule has 0 amide bonds. The van der Waals surface area contributed by atoms with Crippen molar-refractivity contribution in [2.75, 3.05) is 18.0 Å². The molecule has 1 aliphatic rings. The van der Waals surface area contributed by atoms with E-state index in [-0.39, 0.29) is 0 Å². The van der Waals surface area contributed by atoms with Crippen LogP contribution in [0.3, 0.4) is 0 Å². The first-order valence-electron chi connectivity index (χ1n) is 5.47. The van der Waals surface area contributed by atoms with E-state index in [0.29, 0.717) is 11.8 Å². The van der Waals surface area contributed by atoms with Crippen LogP contribution in [0.5, 0.6) is 5.75 Å². The molecule has 3 heteroatoms. The second kappa shape index (κ2) is 4.11. The highest BCUT2D eigenvalue weighted by atomic mass is 16.3. The normalized spacial score (nSPS) is 18.1. The smallest absolute Gasteiger partial charge is 0.118 e. The Morgan fingerprint density at radius 1 is 1.33 bits per heavy atom. The van der Waals surface area contributed by atoms with Gasteiger partial charge in [-0.3, -0.25) is 0 Å². The Morgan fingerprint density at radius 3 is 2.60 bits per heavy atom. The number of aryl methyl sites for hydroxylation is 1. The van der Waals surface area contributed by atoms with Gasteiger partial charge in [-0.1, -0.05) is 0 Å². The minimum absolute atomic E-state index is 0.361. The first kappa shape index (κ1) is 10.3. The Balaban J connectivity index is 2.12. The third-order valence-corrected chi connectivity index (χ3v) is 3.09. The molecule has 0 atom stereocenters. The van der Waals surface area contributed by atoms with Crippen molar-refractivity contribution in [3.8, 4) is 5.75 Å². The molecule has 15 heavy (non-hydrogen) atoms. The summed E-state index contributed by atoms with van der Waals surface area (Å²) in [6.07, 6.45) is 2.11. The van der Waals surface area contributed by atoms with Crippen LogP contribution in [0.4, 0.5) is 5.69 Å². The van der Waals surface area contributed by atoms with Gasteiger partial charge in [0, 0.05) is 24.8 Å². The fourth-order valence-electron chi connectivity index (χ4n) is 1.99. The van der Waals surface area contributed by atoms with E-state index in [0.717, 1.165) is 31.5 Å². The summed E-state index contributed by atoms with van der Waals surface area (Å²) in [4.78, 5) is 2.33. The predicted molar refractivity (Wildman–Crippen MR) is 62.3 cm³/mol. The molecule has 82 valence electrons.